The van der Waals surface area contributed by atoms with Gasteiger partial charge in [0, 0.05) is 22.6 Å². The lowest BCUT2D eigenvalue weighted by Crippen LogP contribution is -2.24. The van der Waals surface area contributed by atoms with Crippen molar-refractivity contribution in [2.45, 2.75) is 30.0 Å². The van der Waals surface area contributed by atoms with Crippen LogP contribution in [0, 0.1) is 0 Å². The van der Waals surface area contributed by atoms with Gasteiger partial charge in [-0.3, -0.25) is 0 Å². The molecule has 1 aromatic carbocycles. The SMILES string of the molecule is CC(N)C1CSc2ccc(C(F)(F)F)cc21. The zero-order valence-corrected chi connectivity index (χ0v) is 9.53. The molecule has 0 radical (unpaired) electrons. The standard InChI is InChI=1S/C11H12F3NS/c1-6(15)9-5-16-10-3-2-7(4-8(9)10)11(12,13)14/h2-4,6,9H,5,15H2,1H3. The molecule has 2 atom stereocenters. The predicted molar refractivity (Wildman–Crippen MR) is 58.6 cm³/mol. The van der Waals surface area contributed by atoms with Gasteiger partial charge in [-0.2, -0.15) is 13.2 Å². The highest BCUT2D eigenvalue weighted by Gasteiger charge is 2.34. The van der Waals surface area contributed by atoms with Crippen LogP contribution in [-0.2, 0) is 6.18 Å². The fourth-order valence-corrected chi connectivity index (χ4v) is 3.23. The van der Waals surface area contributed by atoms with Gasteiger partial charge in [-0.15, -0.1) is 11.8 Å². The maximum Gasteiger partial charge on any atom is 0.416 e. The van der Waals surface area contributed by atoms with E-state index in [0.717, 1.165) is 22.3 Å². The number of nitrogens with two attached hydrogens (primary N) is 1. The molecule has 0 amide bonds. The van der Waals surface area contributed by atoms with E-state index in [2.05, 4.69) is 0 Å². The van der Waals surface area contributed by atoms with Crippen molar-refractivity contribution in [1.82, 2.24) is 0 Å². The lowest BCUT2D eigenvalue weighted by atomic mass is 9.93. The number of fused-ring (bicyclic) bond motifs is 1. The molecule has 1 aliphatic rings. The summed E-state index contributed by atoms with van der Waals surface area (Å²) in [5, 5.41) is 0. The molecule has 1 aromatic rings. The number of benzene rings is 1. The van der Waals surface area contributed by atoms with E-state index in [-0.39, 0.29) is 12.0 Å². The Labute approximate surface area is 96.2 Å². The van der Waals surface area contributed by atoms with Crippen molar-refractivity contribution >= 4 is 11.8 Å². The number of rotatable bonds is 1. The molecule has 2 unspecified atom stereocenters. The Morgan fingerprint density at radius 2 is 2.12 bits per heavy atom. The van der Waals surface area contributed by atoms with Gasteiger partial charge in [0.2, 0.25) is 0 Å². The average Bonchev–Trinajstić information content (AvgIpc) is 2.58. The summed E-state index contributed by atoms with van der Waals surface area (Å²) in [6, 6.07) is 3.81. The van der Waals surface area contributed by atoms with Gasteiger partial charge in [0.05, 0.1) is 5.56 Å². The Kier molecular flexibility index (Phi) is 2.92. The molecular formula is C11H12F3NS. The Morgan fingerprint density at radius 1 is 1.44 bits per heavy atom. The number of halogens is 3. The van der Waals surface area contributed by atoms with E-state index in [4.69, 9.17) is 5.73 Å². The largest absolute Gasteiger partial charge is 0.416 e. The van der Waals surface area contributed by atoms with Gasteiger partial charge in [-0.1, -0.05) is 0 Å². The highest BCUT2D eigenvalue weighted by atomic mass is 32.2. The highest BCUT2D eigenvalue weighted by Crippen LogP contribution is 2.43. The number of alkyl halides is 3. The number of hydrogen-bond acceptors (Lipinski definition) is 2. The third-order valence-electron chi connectivity index (χ3n) is 2.79. The van der Waals surface area contributed by atoms with Crippen LogP contribution < -0.4 is 5.73 Å². The molecule has 88 valence electrons. The third-order valence-corrected chi connectivity index (χ3v) is 4.00. The fourth-order valence-electron chi connectivity index (χ4n) is 1.85. The van der Waals surface area contributed by atoms with Crippen LogP contribution in [0.3, 0.4) is 0 Å². The van der Waals surface area contributed by atoms with Gasteiger partial charge >= 0.3 is 6.18 Å². The summed E-state index contributed by atoms with van der Waals surface area (Å²) < 4.78 is 37.6. The van der Waals surface area contributed by atoms with Crippen LogP contribution in [-0.4, -0.2) is 11.8 Å². The molecule has 5 heteroatoms. The molecule has 0 saturated heterocycles. The second-order valence-corrected chi connectivity index (χ2v) is 5.09. The van der Waals surface area contributed by atoms with Crippen molar-refractivity contribution in [3.8, 4) is 0 Å². The average molecular weight is 247 g/mol. The van der Waals surface area contributed by atoms with Crippen molar-refractivity contribution in [3.05, 3.63) is 29.3 Å². The zero-order valence-electron chi connectivity index (χ0n) is 8.71. The Bertz CT molecular complexity index is 401. The summed E-state index contributed by atoms with van der Waals surface area (Å²) in [5.74, 6) is 0.802. The Balaban J connectivity index is 2.41. The van der Waals surface area contributed by atoms with Crippen molar-refractivity contribution < 1.29 is 13.2 Å². The minimum absolute atomic E-state index is 0.0299. The number of thioether (sulfide) groups is 1. The lowest BCUT2D eigenvalue weighted by molar-refractivity contribution is -0.137. The molecule has 0 aromatic heterocycles. The van der Waals surface area contributed by atoms with Crippen LogP contribution >= 0.6 is 11.8 Å². The van der Waals surface area contributed by atoms with Crippen LogP contribution in [0.1, 0.15) is 24.0 Å². The maximum absolute atomic E-state index is 12.5. The van der Waals surface area contributed by atoms with Gasteiger partial charge in [0.15, 0.2) is 0 Å². The molecule has 1 heterocycles. The van der Waals surface area contributed by atoms with Crippen molar-refractivity contribution in [3.63, 3.8) is 0 Å². The monoisotopic (exact) mass is 247 g/mol. The molecule has 0 fully saturated rings. The minimum Gasteiger partial charge on any atom is -0.327 e. The molecule has 0 saturated carbocycles. The Morgan fingerprint density at radius 3 is 2.69 bits per heavy atom. The summed E-state index contributed by atoms with van der Waals surface area (Å²) in [5.41, 5.74) is 5.94. The van der Waals surface area contributed by atoms with Crippen LogP contribution in [0.5, 0.6) is 0 Å². The molecule has 0 bridgehead atoms. The van der Waals surface area contributed by atoms with Crippen LogP contribution in [0.2, 0.25) is 0 Å². The summed E-state index contributed by atoms with van der Waals surface area (Å²) in [7, 11) is 0. The van der Waals surface area contributed by atoms with Gasteiger partial charge < -0.3 is 5.73 Å². The second kappa shape index (κ2) is 3.96. The lowest BCUT2D eigenvalue weighted by Gasteiger charge is -2.16. The molecule has 1 aliphatic heterocycles. The molecule has 16 heavy (non-hydrogen) atoms. The van der Waals surface area contributed by atoms with Crippen molar-refractivity contribution in [2.24, 2.45) is 5.73 Å². The summed E-state index contributed by atoms with van der Waals surface area (Å²) >= 11 is 1.58. The van der Waals surface area contributed by atoms with Crippen LogP contribution in [0.25, 0.3) is 0 Å². The topological polar surface area (TPSA) is 26.0 Å². The van der Waals surface area contributed by atoms with Crippen LogP contribution in [0.4, 0.5) is 13.2 Å². The minimum atomic E-state index is -4.27. The van der Waals surface area contributed by atoms with Crippen LogP contribution in [0.15, 0.2) is 23.1 Å². The van der Waals surface area contributed by atoms with E-state index < -0.39 is 11.7 Å². The molecule has 2 rings (SSSR count). The first-order chi connectivity index (χ1) is 7.39. The molecule has 0 spiro atoms. The first kappa shape index (κ1) is 11.8. The van der Waals surface area contributed by atoms with Gasteiger partial charge in [0.25, 0.3) is 0 Å². The quantitative estimate of drug-likeness (QED) is 0.824. The van der Waals surface area contributed by atoms with Gasteiger partial charge in [-0.25, -0.2) is 0 Å². The van der Waals surface area contributed by atoms with Gasteiger partial charge in [-0.05, 0) is 30.7 Å². The van der Waals surface area contributed by atoms with E-state index in [9.17, 15) is 13.2 Å². The van der Waals surface area contributed by atoms with E-state index >= 15 is 0 Å². The fraction of sp³-hybridized carbons (Fsp3) is 0.455. The maximum atomic E-state index is 12.5. The first-order valence-electron chi connectivity index (χ1n) is 4.99. The smallest absolute Gasteiger partial charge is 0.327 e. The van der Waals surface area contributed by atoms with E-state index in [1.54, 1.807) is 17.8 Å². The molecular weight excluding hydrogens is 235 g/mol. The van der Waals surface area contributed by atoms with E-state index in [1.807, 2.05) is 6.92 Å². The third kappa shape index (κ3) is 2.06. The van der Waals surface area contributed by atoms with E-state index in [1.165, 1.54) is 6.07 Å². The predicted octanol–water partition coefficient (Wildman–Crippen LogP) is 3.24. The van der Waals surface area contributed by atoms with Crippen molar-refractivity contribution in [2.75, 3.05) is 5.75 Å². The van der Waals surface area contributed by atoms with E-state index in [0.29, 0.717) is 0 Å². The molecule has 1 nitrogen and oxygen atoms in total. The normalized spacial score (nSPS) is 21.9. The molecule has 0 aliphatic carbocycles. The summed E-state index contributed by atoms with van der Waals surface area (Å²) in [6.07, 6.45) is -4.27. The first-order valence-corrected chi connectivity index (χ1v) is 5.97. The summed E-state index contributed by atoms with van der Waals surface area (Å²) in [4.78, 5) is 0.926. The Hall–Kier alpha value is -0.680. The molecule has 2 N–H and O–H groups in total. The van der Waals surface area contributed by atoms with Gasteiger partial charge in [0.1, 0.15) is 0 Å². The number of hydrogen-bond donors (Lipinski definition) is 1. The second-order valence-electron chi connectivity index (χ2n) is 4.03. The highest BCUT2D eigenvalue weighted by molar-refractivity contribution is 7.99. The zero-order chi connectivity index (χ0) is 11.9. The van der Waals surface area contributed by atoms with Crippen molar-refractivity contribution in [1.29, 1.82) is 0 Å². The summed E-state index contributed by atoms with van der Waals surface area (Å²) in [6.45, 7) is 1.83.